The molecular formula is C15H17ClN2OS. The average molecular weight is 309 g/mol. The molecule has 1 aliphatic heterocycles. The summed E-state index contributed by atoms with van der Waals surface area (Å²) in [6, 6.07) is 5.95. The van der Waals surface area contributed by atoms with E-state index >= 15 is 0 Å². The van der Waals surface area contributed by atoms with Gasteiger partial charge in [-0.15, -0.1) is 11.3 Å². The molecule has 5 heteroatoms. The molecule has 3 rings (SSSR count). The summed E-state index contributed by atoms with van der Waals surface area (Å²) in [5.41, 5.74) is 6.74. The molecule has 1 aromatic heterocycles. The average Bonchev–Trinajstić information content (AvgIpc) is 3.03. The number of nitrogen functional groups attached to an aromatic ring is 1. The maximum Gasteiger partial charge on any atom is 0.266 e. The molecule has 0 aliphatic carbocycles. The molecule has 1 amide bonds. The van der Waals surface area contributed by atoms with Gasteiger partial charge in [-0.25, -0.2) is 0 Å². The van der Waals surface area contributed by atoms with Gasteiger partial charge in [0.1, 0.15) is 4.88 Å². The van der Waals surface area contributed by atoms with E-state index in [1.54, 1.807) is 0 Å². The molecule has 20 heavy (non-hydrogen) atoms. The second-order valence-electron chi connectivity index (χ2n) is 5.19. The van der Waals surface area contributed by atoms with Gasteiger partial charge >= 0.3 is 0 Å². The largest absolute Gasteiger partial charge is 0.397 e. The van der Waals surface area contributed by atoms with E-state index in [4.69, 9.17) is 17.3 Å². The number of thiophene rings is 1. The number of carbonyl (C=O) groups excluding carboxylic acids is 1. The predicted octanol–water partition coefficient (Wildman–Crippen LogP) is 4.15. The first-order valence-electron chi connectivity index (χ1n) is 6.90. The fourth-order valence-electron chi connectivity index (χ4n) is 2.91. The maximum absolute atomic E-state index is 12.7. The number of halogens is 1. The van der Waals surface area contributed by atoms with Crippen molar-refractivity contribution < 1.29 is 4.79 Å². The van der Waals surface area contributed by atoms with Crippen molar-refractivity contribution in [1.29, 1.82) is 0 Å². The number of hydrogen-bond donors (Lipinski definition) is 1. The Morgan fingerprint density at radius 2 is 2.35 bits per heavy atom. The van der Waals surface area contributed by atoms with E-state index in [1.807, 2.05) is 23.1 Å². The van der Waals surface area contributed by atoms with Crippen LogP contribution in [0.1, 0.15) is 35.9 Å². The normalized spacial score (nSPS) is 18.9. The lowest BCUT2D eigenvalue weighted by Gasteiger charge is -2.23. The van der Waals surface area contributed by atoms with Gasteiger partial charge in [-0.2, -0.15) is 0 Å². The molecular weight excluding hydrogens is 292 g/mol. The summed E-state index contributed by atoms with van der Waals surface area (Å²) >= 11 is 7.47. The summed E-state index contributed by atoms with van der Waals surface area (Å²) in [7, 11) is 0. The summed E-state index contributed by atoms with van der Waals surface area (Å²) in [5, 5.41) is 1.53. The molecule has 0 radical (unpaired) electrons. The number of nitrogens with zero attached hydrogens (tertiary/aromatic N) is 1. The van der Waals surface area contributed by atoms with Crippen LogP contribution in [0.25, 0.3) is 10.1 Å². The van der Waals surface area contributed by atoms with Crippen molar-refractivity contribution in [1.82, 2.24) is 4.90 Å². The maximum atomic E-state index is 12.7. The number of likely N-dealkylation sites (tertiary alicyclic amines) is 1. The molecule has 0 spiro atoms. The van der Waals surface area contributed by atoms with Crippen LogP contribution in [0.5, 0.6) is 0 Å². The summed E-state index contributed by atoms with van der Waals surface area (Å²) in [6.45, 7) is 2.97. The molecule has 0 bridgehead atoms. The van der Waals surface area contributed by atoms with Gasteiger partial charge in [-0.1, -0.05) is 18.5 Å². The summed E-state index contributed by atoms with van der Waals surface area (Å²) in [6.07, 6.45) is 3.18. The molecule has 1 fully saturated rings. The molecule has 2 heterocycles. The SMILES string of the molecule is CCC1CCCN1C(=O)c1sc2ccc(Cl)cc2c1N. The van der Waals surface area contributed by atoms with Crippen LogP contribution in [-0.4, -0.2) is 23.4 Å². The second kappa shape index (κ2) is 5.26. The molecule has 3 nitrogen and oxygen atoms in total. The number of carbonyl (C=O) groups is 1. The van der Waals surface area contributed by atoms with Gasteiger partial charge in [0.25, 0.3) is 5.91 Å². The molecule has 1 aliphatic rings. The third-order valence-corrected chi connectivity index (χ3v) is 5.40. The highest BCUT2D eigenvalue weighted by atomic mass is 35.5. The van der Waals surface area contributed by atoms with Crippen LogP contribution in [0.15, 0.2) is 18.2 Å². The lowest BCUT2D eigenvalue weighted by Crippen LogP contribution is -2.34. The zero-order chi connectivity index (χ0) is 14.3. The third-order valence-electron chi connectivity index (χ3n) is 3.99. The standard InChI is InChI=1S/C15H17ClN2OS/c1-2-10-4-3-7-18(10)15(19)14-13(17)11-8-9(16)5-6-12(11)20-14/h5-6,8,10H,2-4,7,17H2,1H3. The van der Waals surface area contributed by atoms with E-state index < -0.39 is 0 Å². The smallest absolute Gasteiger partial charge is 0.266 e. The zero-order valence-electron chi connectivity index (χ0n) is 11.4. The van der Waals surface area contributed by atoms with E-state index in [9.17, 15) is 4.79 Å². The van der Waals surface area contributed by atoms with Crippen molar-refractivity contribution in [3.63, 3.8) is 0 Å². The molecule has 0 saturated carbocycles. The number of hydrogen-bond acceptors (Lipinski definition) is 3. The van der Waals surface area contributed by atoms with Gasteiger partial charge in [-0.05, 0) is 37.5 Å². The third kappa shape index (κ3) is 2.17. The molecule has 2 aromatic rings. The number of fused-ring (bicyclic) bond motifs is 1. The Kier molecular flexibility index (Phi) is 3.61. The van der Waals surface area contributed by atoms with Gasteiger partial charge in [-0.3, -0.25) is 4.79 Å². The number of nitrogens with two attached hydrogens (primary N) is 1. The summed E-state index contributed by atoms with van der Waals surface area (Å²) in [5.74, 6) is 0.0733. The summed E-state index contributed by atoms with van der Waals surface area (Å²) in [4.78, 5) is 15.3. The van der Waals surface area contributed by atoms with Gasteiger partial charge in [0.2, 0.25) is 0 Å². The molecule has 106 valence electrons. The highest BCUT2D eigenvalue weighted by molar-refractivity contribution is 7.21. The first kappa shape index (κ1) is 13.7. The van der Waals surface area contributed by atoms with Crippen LogP contribution in [-0.2, 0) is 0 Å². The minimum atomic E-state index is 0.0733. The fourth-order valence-corrected chi connectivity index (χ4v) is 4.14. The van der Waals surface area contributed by atoms with Crippen molar-refractivity contribution in [3.05, 3.63) is 28.1 Å². The van der Waals surface area contributed by atoms with E-state index in [-0.39, 0.29) is 5.91 Å². The van der Waals surface area contributed by atoms with E-state index in [2.05, 4.69) is 6.92 Å². The van der Waals surface area contributed by atoms with Crippen LogP contribution in [0.3, 0.4) is 0 Å². The minimum absolute atomic E-state index is 0.0733. The lowest BCUT2D eigenvalue weighted by atomic mass is 10.1. The number of rotatable bonds is 2. The van der Waals surface area contributed by atoms with E-state index in [1.165, 1.54) is 11.3 Å². The predicted molar refractivity (Wildman–Crippen MR) is 85.6 cm³/mol. The Hall–Kier alpha value is -1.26. The van der Waals surface area contributed by atoms with Crippen LogP contribution in [0, 0.1) is 0 Å². The van der Waals surface area contributed by atoms with E-state index in [0.717, 1.165) is 35.9 Å². The van der Waals surface area contributed by atoms with Crippen LogP contribution < -0.4 is 5.73 Å². The molecule has 1 saturated heterocycles. The van der Waals surface area contributed by atoms with Crippen molar-refractivity contribution in [3.8, 4) is 0 Å². The molecule has 1 atom stereocenters. The Labute approximate surface area is 127 Å². The Balaban J connectivity index is 2.01. The van der Waals surface area contributed by atoms with Crippen molar-refractivity contribution in [2.75, 3.05) is 12.3 Å². The Bertz CT molecular complexity index is 667. The van der Waals surface area contributed by atoms with Crippen LogP contribution >= 0.6 is 22.9 Å². The number of anilines is 1. The highest BCUT2D eigenvalue weighted by Crippen LogP contribution is 2.37. The van der Waals surface area contributed by atoms with Crippen molar-refractivity contribution >= 4 is 44.6 Å². The quantitative estimate of drug-likeness (QED) is 0.906. The number of amides is 1. The summed E-state index contributed by atoms with van der Waals surface area (Å²) < 4.78 is 1.02. The topological polar surface area (TPSA) is 46.3 Å². The van der Waals surface area contributed by atoms with Gasteiger partial charge in [0.15, 0.2) is 0 Å². The van der Waals surface area contributed by atoms with Crippen LogP contribution in [0.2, 0.25) is 5.02 Å². The first-order valence-corrected chi connectivity index (χ1v) is 8.09. The van der Waals surface area contributed by atoms with Gasteiger partial charge in [0.05, 0.1) is 5.69 Å². The Morgan fingerprint density at radius 1 is 1.55 bits per heavy atom. The van der Waals surface area contributed by atoms with Gasteiger partial charge in [0, 0.05) is 27.7 Å². The highest BCUT2D eigenvalue weighted by Gasteiger charge is 2.30. The Morgan fingerprint density at radius 3 is 3.10 bits per heavy atom. The van der Waals surface area contributed by atoms with Crippen molar-refractivity contribution in [2.45, 2.75) is 32.2 Å². The molecule has 1 unspecified atom stereocenters. The van der Waals surface area contributed by atoms with Crippen molar-refractivity contribution in [2.24, 2.45) is 0 Å². The lowest BCUT2D eigenvalue weighted by molar-refractivity contribution is 0.0739. The molecule has 2 N–H and O–H groups in total. The minimum Gasteiger partial charge on any atom is -0.397 e. The first-order chi connectivity index (χ1) is 9.61. The number of benzene rings is 1. The zero-order valence-corrected chi connectivity index (χ0v) is 12.9. The fraction of sp³-hybridized carbons (Fsp3) is 0.400. The molecule has 1 aromatic carbocycles. The van der Waals surface area contributed by atoms with Gasteiger partial charge < -0.3 is 10.6 Å². The second-order valence-corrected chi connectivity index (χ2v) is 6.68. The van der Waals surface area contributed by atoms with Crippen LogP contribution in [0.4, 0.5) is 5.69 Å². The monoisotopic (exact) mass is 308 g/mol. The van der Waals surface area contributed by atoms with E-state index in [0.29, 0.717) is 21.6 Å².